The number of ether oxygens (including phenoxy) is 1. The Hall–Kier alpha value is 0.270. The Morgan fingerprint density at radius 2 is 1.94 bits per heavy atom. The molecule has 0 amide bonds. The minimum atomic E-state index is 0.0218. The largest absolute Gasteiger partial charge is 0.373 e. The molecule has 1 aliphatic rings. The van der Waals surface area contributed by atoms with Crippen LogP contribution < -0.4 is 5.32 Å². The minimum Gasteiger partial charge on any atom is -0.373 e. The molecule has 0 heterocycles. The lowest BCUT2D eigenvalue weighted by molar-refractivity contribution is -0.102. The van der Waals surface area contributed by atoms with Crippen molar-refractivity contribution in [2.24, 2.45) is 0 Å². The Kier molecular flexibility index (Phi) is 6.16. The van der Waals surface area contributed by atoms with Gasteiger partial charge >= 0.3 is 0 Å². The van der Waals surface area contributed by atoms with Gasteiger partial charge in [-0.05, 0) is 65.0 Å². The van der Waals surface area contributed by atoms with Crippen LogP contribution in [0.3, 0.4) is 0 Å². The summed E-state index contributed by atoms with van der Waals surface area (Å²) in [4.78, 5) is 0. The molecule has 0 aliphatic heterocycles. The first-order valence-electron chi connectivity index (χ1n) is 6.41. The fourth-order valence-corrected chi connectivity index (χ4v) is 2.50. The third-order valence-electron chi connectivity index (χ3n) is 2.82. The van der Waals surface area contributed by atoms with Gasteiger partial charge in [0.05, 0.1) is 11.7 Å². The summed E-state index contributed by atoms with van der Waals surface area (Å²) < 4.78 is 5.91. The van der Waals surface area contributed by atoms with Gasteiger partial charge in [-0.3, -0.25) is 0 Å². The first-order chi connectivity index (χ1) is 7.51. The molecule has 1 fully saturated rings. The summed E-state index contributed by atoms with van der Waals surface area (Å²) >= 11 is 1.94. The Morgan fingerprint density at radius 3 is 2.50 bits per heavy atom. The van der Waals surface area contributed by atoms with Crippen molar-refractivity contribution in [3.8, 4) is 0 Å². The lowest BCUT2D eigenvalue weighted by Crippen LogP contribution is -2.48. The van der Waals surface area contributed by atoms with Gasteiger partial charge in [0.1, 0.15) is 0 Å². The standard InChI is InChI=1S/C13H27NOS/c1-13(2,3)15-12-9-11(10-12)14-7-5-6-8-16-4/h11-12,14H,5-10H2,1-4H3. The second kappa shape index (κ2) is 6.87. The second-order valence-electron chi connectivity index (χ2n) is 5.67. The van der Waals surface area contributed by atoms with Crippen LogP contribution in [0.2, 0.25) is 0 Å². The van der Waals surface area contributed by atoms with E-state index in [1.165, 1.54) is 38.0 Å². The quantitative estimate of drug-likeness (QED) is 0.697. The van der Waals surface area contributed by atoms with Crippen molar-refractivity contribution >= 4 is 11.8 Å². The third-order valence-corrected chi connectivity index (χ3v) is 3.52. The lowest BCUT2D eigenvalue weighted by atomic mass is 9.88. The molecule has 0 atom stereocenters. The summed E-state index contributed by atoms with van der Waals surface area (Å²) in [5.41, 5.74) is 0.0218. The normalized spacial score (nSPS) is 25.5. The van der Waals surface area contributed by atoms with E-state index in [1.54, 1.807) is 0 Å². The molecule has 0 unspecified atom stereocenters. The van der Waals surface area contributed by atoms with Crippen LogP contribution in [0.1, 0.15) is 46.5 Å². The smallest absolute Gasteiger partial charge is 0.0612 e. The first kappa shape index (κ1) is 14.3. The van der Waals surface area contributed by atoms with E-state index in [1.807, 2.05) is 11.8 Å². The van der Waals surface area contributed by atoms with E-state index in [-0.39, 0.29) is 5.60 Å². The van der Waals surface area contributed by atoms with Crippen molar-refractivity contribution in [2.45, 2.75) is 64.2 Å². The van der Waals surface area contributed by atoms with Gasteiger partial charge < -0.3 is 10.1 Å². The molecule has 0 aromatic carbocycles. The SMILES string of the molecule is CSCCCCNC1CC(OC(C)(C)C)C1. The average molecular weight is 245 g/mol. The highest BCUT2D eigenvalue weighted by Gasteiger charge is 2.32. The minimum absolute atomic E-state index is 0.0218. The highest BCUT2D eigenvalue weighted by molar-refractivity contribution is 7.98. The number of thioether (sulfide) groups is 1. The molecular weight excluding hydrogens is 218 g/mol. The van der Waals surface area contributed by atoms with E-state index < -0.39 is 0 Å². The van der Waals surface area contributed by atoms with Crippen LogP contribution in [0.4, 0.5) is 0 Å². The Balaban J connectivity index is 1.92. The molecule has 96 valence electrons. The van der Waals surface area contributed by atoms with Crippen LogP contribution >= 0.6 is 11.8 Å². The Bertz CT molecular complexity index is 185. The molecule has 1 aliphatic carbocycles. The van der Waals surface area contributed by atoms with Crippen LogP contribution in [-0.2, 0) is 4.74 Å². The van der Waals surface area contributed by atoms with E-state index in [0.717, 1.165) is 0 Å². The highest BCUT2D eigenvalue weighted by atomic mass is 32.2. The molecule has 0 aromatic rings. The van der Waals surface area contributed by atoms with E-state index in [2.05, 4.69) is 32.3 Å². The van der Waals surface area contributed by atoms with Crippen molar-refractivity contribution < 1.29 is 4.74 Å². The maximum absolute atomic E-state index is 5.91. The molecule has 0 bridgehead atoms. The number of unbranched alkanes of at least 4 members (excludes halogenated alkanes) is 1. The van der Waals surface area contributed by atoms with Crippen molar-refractivity contribution in [1.82, 2.24) is 5.32 Å². The molecule has 0 aromatic heterocycles. The molecule has 1 rings (SSSR count). The van der Waals surface area contributed by atoms with E-state index in [4.69, 9.17) is 4.74 Å². The molecule has 0 spiro atoms. The van der Waals surface area contributed by atoms with Gasteiger partial charge in [0.15, 0.2) is 0 Å². The van der Waals surface area contributed by atoms with Crippen molar-refractivity contribution in [3.63, 3.8) is 0 Å². The second-order valence-corrected chi connectivity index (χ2v) is 6.66. The average Bonchev–Trinajstić information content (AvgIpc) is 2.11. The maximum Gasteiger partial charge on any atom is 0.0612 e. The molecule has 0 saturated heterocycles. The van der Waals surface area contributed by atoms with Crippen LogP contribution in [0, 0.1) is 0 Å². The van der Waals surface area contributed by atoms with Crippen LogP contribution in [-0.4, -0.2) is 36.3 Å². The molecule has 1 N–H and O–H groups in total. The van der Waals surface area contributed by atoms with E-state index in [9.17, 15) is 0 Å². The summed E-state index contributed by atoms with van der Waals surface area (Å²) in [6, 6.07) is 0.710. The highest BCUT2D eigenvalue weighted by Crippen LogP contribution is 2.27. The zero-order valence-corrected chi connectivity index (χ0v) is 12.0. The Morgan fingerprint density at radius 1 is 1.25 bits per heavy atom. The van der Waals surface area contributed by atoms with Gasteiger partial charge in [-0.25, -0.2) is 0 Å². The molecule has 3 heteroatoms. The van der Waals surface area contributed by atoms with Crippen LogP contribution in [0.5, 0.6) is 0 Å². The molecule has 2 nitrogen and oxygen atoms in total. The third kappa shape index (κ3) is 6.12. The van der Waals surface area contributed by atoms with Crippen molar-refractivity contribution in [1.29, 1.82) is 0 Å². The number of hydrogen-bond acceptors (Lipinski definition) is 3. The Labute approximate surface area is 105 Å². The molecule has 0 radical (unpaired) electrons. The van der Waals surface area contributed by atoms with Crippen LogP contribution in [0.15, 0.2) is 0 Å². The predicted molar refractivity (Wildman–Crippen MR) is 73.3 cm³/mol. The number of nitrogens with one attached hydrogen (secondary N) is 1. The van der Waals surface area contributed by atoms with E-state index in [0.29, 0.717) is 12.1 Å². The van der Waals surface area contributed by atoms with Gasteiger partial charge in [-0.2, -0.15) is 11.8 Å². The first-order valence-corrected chi connectivity index (χ1v) is 7.81. The number of rotatable bonds is 7. The maximum atomic E-state index is 5.91. The van der Waals surface area contributed by atoms with Gasteiger partial charge in [0, 0.05) is 6.04 Å². The summed E-state index contributed by atoms with van der Waals surface area (Å²) in [7, 11) is 0. The van der Waals surface area contributed by atoms with Gasteiger partial charge in [-0.15, -0.1) is 0 Å². The topological polar surface area (TPSA) is 21.3 Å². The van der Waals surface area contributed by atoms with Gasteiger partial charge in [0.25, 0.3) is 0 Å². The summed E-state index contributed by atoms with van der Waals surface area (Å²) in [5, 5.41) is 3.60. The molecule has 16 heavy (non-hydrogen) atoms. The summed E-state index contributed by atoms with van der Waals surface area (Å²) in [6.07, 6.45) is 7.70. The van der Waals surface area contributed by atoms with Gasteiger partial charge in [0.2, 0.25) is 0 Å². The van der Waals surface area contributed by atoms with E-state index >= 15 is 0 Å². The zero-order valence-electron chi connectivity index (χ0n) is 11.2. The molecular formula is C13H27NOS. The number of hydrogen-bond donors (Lipinski definition) is 1. The van der Waals surface area contributed by atoms with Crippen molar-refractivity contribution in [3.05, 3.63) is 0 Å². The molecule has 1 saturated carbocycles. The fourth-order valence-electron chi connectivity index (χ4n) is 2.01. The van der Waals surface area contributed by atoms with Crippen LogP contribution in [0.25, 0.3) is 0 Å². The zero-order chi connectivity index (χ0) is 12.0. The summed E-state index contributed by atoms with van der Waals surface area (Å²) in [5.74, 6) is 1.29. The fraction of sp³-hybridized carbons (Fsp3) is 1.00. The lowest BCUT2D eigenvalue weighted by Gasteiger charge is -2.39. The van der Waals surface area contributed by atoms with Crippen molar-refractivity contribution in [2.75, 3.05) is 18.6 Å². The monoisotopic (exact) mass is 245 g/mol. The van der Waals surface area contributed by atoms with Gasteiger partial charge in [-0.1, -0.05) is 0 Å². The summed E-state index contributed by atoms with van der Waals surface area (Å²) in [6.45, 7) is 7.58. The predicted octanol–water partition coefficient (Wildman–Crippen LogP) is 3.07.